The standard InChI is InChI=1S/C27H32N4O3.C2HF3O2/c28-16-20-8-12-22(13-9-20)27(34)31-23(14-18-4-2-1-3-5-18)26-29-17-24(30-26)21-10-6-19(7-11-21)15-25(32)33;3-2(4,5)1(6)7/h1-7,10-11,17,20,22-23H,8-9,12-16,28H2,(H,29,30)(H,31,34)(H,32,33);(H,6,7)/t20?,22?,23-;/m0./s1. The number of nitrogens with one attached hydrogen (secondary N) is 2. The van der Waals surface area contributed by atoms with Gasteiger partial charge in [0.25, 0.3) is 0 Å². The zero-order chi connectivity index (χ0) is 30.0. The summed E-state index contributed by atoms with van der Waals surface area (Å²) in [6.07, 6.45) is 1.05. The lowest BCUT2D eigenvalue weighted by atomic mass is 9.81. The van der Waals surface area contributed by atoms with Crippen LogP contribution in [0.2, 0.25) is 0 Å². The van der Waals surface area contributed by atoms with Crippen LogP contribution < -0.4 is 11.1 Å². The maximum absolute atomic E-state index is 13.1. The molecule has 2 aromatic carbocycles. The smallest absolute Gasteiger partial charge is 0.481 e. The van der Waals surface area contributed by atoms with Gasteiger partial charge in [0.05, 0.1) is 24.4 Å². The number of nitrogens with zero attached hydrogens (tertiary/aromatic N) is 1. The predicted molar refractivity (Wildman–Crippen MR) is 145 cm³/mol. The molecule has 3 aromatic rings. The van der Waals surface area contributed by atoms with Gasteiger partial charge in [-0.2, -0.15) is 13.2 Å². The zero-order valence-electron chi connectivity index (χ0n) is 22.2. The first kappa shape index (κ1) is 31.3. The van der Waals surface area contributed by atoms with E-state index in [0.717, 1.165) is 48.1 Å². The summed E-state index contributed by atoms with van der Waals surface area (Å²) in [7, 11) is 0. The van der Waals surface area contributed by atoms with Crippen LogP contribution in [0, 0.1) is 11.8 Å². The van der Waals surface area contributed by atoms with Gasteiger partial charge in [0.2, 0.25) is 5.91 Å². The Morgan fingerprint density at radius 3 is 2.12 bits per heavy atom. The van der Waals surface area contributed by atoms with Gasteiger partial charge in [-0.05, 0) is 61.3 Å². The molecule has 220 valence electrons. The number of aromatic amines is 1. The molecule has 1 saturated carbocycles. The van der Waals surface area contributed by atoms with Crippen LogP contribution >= 0.6 is 0 Å². The van der Waals surface area contributed by atoms with E-state index in [-0.39, 0.29) is 24.3 Å². The zero-order valence-corrected chi connectivity index (χ0v) is 22.2. The summed E-state index contributed by atoms with van der Waals surface area (Å²) in [5.41, 5.74) is 9.42. The molecule has 0 aliphatic heterocycles. The lowest BCUT2D eigenvalue weighted by Crippen LogP contribution is -2.37. The van der Waals surface area contributed by atoms with Crippen molar-refractivity contribution in [3.63, 3.8) is 0 Å². The molecule has 0 radical (unpaired) electrons. The number of nitrogens with two attached hydrogens (primary N) is 1. The first-order chi connectivity index (χ1) is 19.5. The van der Waals surface area contributed by atoms with Crippen molar-refractivity contribution in [1.29, 1.82) is 0 Å². The van der Waals surface area contributed by atoms with Gasteiger partial charge >= 0.3 is 18.1 Å². The van der Waals surface area contributed by atoms with E-state index in [1.807, 2.05) is 42.5 Å². The molecule has 0 saturated heterocycles. The van der Waals surface area contributed by atoms with E-state index < -0.39 is 18.1 Å². The van der Waals surface area contributed by atoms with Crippen molar-refractivity contribution in [2.24, 2.45) is 17.6 Å². The topological polar surface area (TPSA) is 158 Å². The van der Waals surface area contributed by atoms with E-state index in [1.165, 1.54) is 0 Å². The minimum atomic E-state index is -5.08. The first-order valence-electron chi connectivity index (χ1n) is 13.2. The second-order valence-corrected chi connectivity index (χ2v) is 9.96. The lowest BCUT2D eigenvalue weighted by molar-refractivity contribution is -0.192. The van der Waals surface area contributed by atoms with E-state index >= 15 is 0 Å². The fourth-order valence-electron chi connectivity index (χ4n) is 4.65. The molecule has 41 heavy (non-hydrogen) atoms. The fourth-order valence-corrected chi connectivity index (χ4v) is 4.65. The summed E-state index contributed by atoms with van der Waals surface area (Å²) in [5.74, 6) is -2.29. The summed E-state index contributed by atoms with van der Waals surface area (Å²) < 4.78 is 31.7. The molecule has 9 nitrogen and oxygen atoms in total. The first-order valence-corrected chi connectivity index (χ1v) is 13.2. The van der Waals surface area contributed by atoms with Gasteiger partial charge in [-0.15, -0.1) is 0 Å². The van der Waals surface area contributed by atoms with Crippen molar-refractivity contribution in [2.45, 2.75) is 50.7 Å². The Morgan fingerprint density at radius 2 is 1.59 bits per heavy atom. The highest BCUT2D eigenvalue weighted by Crippen LogP contribution is 2.29. The largest absolute Gasteiger partial charge is 0.490 e. The van der Waals surface area contributed by atoms with Crippen LogP contribution in [0.25, 0.3) is 11.3 Å². The molecule has 4 rings (SSSR count). The van der Waals surface area contributed by atoms with Gasteiger partial charge in [0, 0.05) is 5.92 Å². The highest BCUT2D eigenvalue weighted by Gasteiger charge is 2.38. The van der Waals surface area contributed by atoms with Crippen LogP contribution in [0.4, 0.5) is 13.2 Å². The molecule has 1 amide bonds. The third-order valence-corrected chi connectivity index (χ3v) is 6.94. The van der Waals surface area contributed by atoms with Gasteiger partial charge in [0.1, 0.15) is 5.82 Å². The molecule has 1 atom stereocenters. The number of H-pyrrole nitrogens is 1. The summed E-state index contributed by atoms with van der Waals surface area (Å²) in [5, 5.41) is 19.3. The number of carboxylic acid groups (broad SMARTS) is 2. The van der Waals surface area contributed by atoms with E-state index in [4.69, 9.17) is 20.7 Å². The molecule has 1 aliphatic carbocycles. The Bertz CT molecular complexity index is 1290. The number of carboxylic acids is 2. The molecule has 0 bridgehead atoms. The highest BCUT2D eigenvalue weighted by atomic mass is 19.4. The summed E-state index contributed by atoms with van der Waals surface area (Å²) in [6.45, 7) is 0.692. The number of amides is 1. The molecular weight excluding hydrogens is 541 g/mol. The van der Waals surface area contributed by atoms with Crippen LogP contribution in [0.1, 0.15) is 48.7 Å². The van der Waals surface area contributed by atoms with Gasteiger partial charge in [-0.25, -0.2) is 9.78 Å². The molecule has 0 spiro atoms. The minimum Gasteiger partial charge on any atom is -0.481 e. The average Bonchev–Trinajstić information content (AvgIpc) is 3.43. The van der Waals surface area contributed by atoms with E-state index in [1.54, 1.807) is 6.20 Å². The number of hydrogen-bond donors (Lipinski definition) is 5. The van der Waals surface area contributed by atoms with Crippen molar-refractivity contribution in [1.82, 2.24) is 15.3 Å². The number of carbonyl (C=O) groups is 3. The third-order valence-electron chi connectivity index (χ3n) is 6.94. The predicted octanol–water partition coefficient (Wildman–Crippen LogP) is 4.50. The highest BCUT2D eigenvalue weighted by molar-refractivity contribution is 5.79. The van der Waals surface area contributed by atoms with Gasteiger partial charge in [-0.1, -0.05) is 54.6 Å². The van der Waals surface area contributed by atoms with Crippen LogP contribution in [0.5, 0.6) is 0 Å². The SMILES string of the molecule is NCC1CCC(C(=O)N[C@@H](Cc2ccccc2)c2ncc(-c3ccc(CC(=O)O)cc3)[nH]2)CC1.O=C(O)C(F)(F)F. The molecule has 6 N–H and O–H groups in total. The van der Waals surface area contributed by atoms with Crippen LogP contribution in [-0.4, -0.2) is 50.7 Å². The molecule has 1 aromatic heterocycles. The number of carbonyl (C=O) groups excluding carboxylic acids is 1. The molecule has 1 heterocycles. The number of halogens is 3. The van der Waals surface area contributed by atoms with Gasteiger partial charge in [-0.3, -0.25) is 9.59 Å². The van der Waals surface area contributed by atoms with Crippen LogP contribution in [0.15, 0.2) is 60.8 Å². The number of hydrogen-bond acceptors (Lipinski definition) is 5. The molecule has 1 fully saturated rings. The second-order valence-electron chi connectivity index (χ2n) is 9.96. The average molecular weight is 575 g/mol. The van der Waals surface area contributed by atoms with E-state index in [2.05, 4.69) is 27.4 Å². The van der Waals surface area contributed by atoms with Crippen LogP contribution in [0.3, 0.4) is 0 Å². The maximum Gasteiger partial charge on any atom is 0.490 e. The minimum absolute atomic E-state index is 0.00706. The number of aliphatic carboxylic acids is 2. The lowest BCUT2D eigenvalue weighted by Gasteiger charge is -2.28. The number of imidazole rings is 1. The molecule has 12 heteroatoms. The Kier molecular flexibility index (Phi) is 11.0. The van der Waals surface area contributed by atoms with Crippen molar-refractivity contribution >= 4 is 17.8 Å². The van der Waals surface area contributed by atoms with Crippen molar-refractivity contribution in [3.8, 4) is 11.3 Å². The van der Waals surface area contributed by atoms with Gasteiger partial charge in [0.15, 0.2) is 0 Å². The summed E-state index contributed by atoms with van der Waals surface area (Å²) in [6, 6.07) is 17.2. The number of alkyl halides is 3. The third kappa shape index (κ3) is 9.75. The number of benzene rings is 2. The van der Waals surface area contributed by atoms with E-state index in [9.17, 15) is 22.8 Å². The van der Waals surface area contributed by atoms with E-state index in [0.29, 0.717) is 24.7 Å². The quantitative estimate of drug-likeness (QED) is 0.252. The Morgan fingerprint density at radius 1 is 0.976 bits per heavy atom. The normalized spacial score (nSPS) is 17.6. The number of aromatic nitrogens is 2. The summed E-state index contributed by atoms with van der Waals surface area (Å²) in [4.78, 5) is 40.9. The maximum atomic E-state index is 13.1. The number of rotatable bonds is 9. The van der Waals surface area contributed by atoms with Crippen molar-refractivity contribution < 1.29 is 37.8 Å². The van der Waals surface area contributed by atoms with Crippen molar-refractivity contribution in [3.05, 3.63) is 77.7 Å². The van der Waals surface area contributed by atoms with Crippen LogP contribution in [-0.2, 0) is 27.2 Å². The monoisotopic (exact) mass is 574 g/mol. The van der Waals surface area contributed by atoms with Gasteiger partial charge < -0.3 is 26.2 Å². The van der Waals surface area contributed by atoms with Crippen molar-refractivity contribution in [2.75, 3.05) is 6.54 Å². The molecular formula is C29H33F3N4O5. The Labute approximate surface area is 235 Å². The Hall–Kier alpha value is -4.19. The fraction of sp³-hybridized carbons (Fsp3) is 0.379. The molecule has 0 unspecified atom stereocenters. The second kappa shape index (κ2) is 14.4. The molecule has 1 aliphatic rings. The Balaban J connectivity index is 0.000000587. The summed E-state index contributed by atoms with van der Waals surface area (Å²) >= 11 is 0.